The molecule has 1 amide bonds. The summed E-state index contributed by atoms with van der Waals surface area (Å²) in [5.41, 5.74) is 2.17. The molecule has 8 heteroatoms. The van der Waals surface area contributed by atoms with Crippen LogP contribution in [-0.2, 0) is 4.79 Å². The van der Waals surface area contributed by atoms with Gasteiger partial charge in [-0.2, -0.15) is 0 Å². The minimum Gasteiger partial charge on any atom is -0.363 e. The molecule has 1 aliphatic heterocycles. The molecule has 0 radical (unpaired) electrons. The van der Waals surface area contributed by atoms with E-state index in [1.54, 1.807) is 60.7 Å². The van der Waals surface area contributed by atoms with Gasteiger partial charge in [0.2, 0.25) is 5.91 Å². The number of likely N-dealkylation sites (N-methyl/N-ethyl adjacent to an activating group) is 2. The van der Waals surface area contributed by atoms with Crippen molar-refractivity contribution in [3.05, 3.63) is 69.8 Å². The Kier molecular flexibility index (Phi) is 6.95. The number of hydrogen-bond acceptors (Lipinski definition) is 6. The number of hydrogen-bond donors (Lipinski definition) is 1. The zero-order valence-electron chi connectivity index (χ0n) is 16.5. The largest absolute Gasteiger partial charge is 0.363 e. The maximum atomic E-state index is 12.6. The van der Waals surface area contributed by atoms with E-state index in [9.17, 15) is 9.70 Å². The van der Waals surface area contributed by atoms with E-state index in [1.165, 1.54) is 0 Å². The summed E-state index contributed by atoms with van der Waals surface area (Å²) in [6.07, 6.45) is 4.22. The summed E-state index contributed by atoms with van der Waals surface area (Å²) >= 11 is 5.98. The summed E-state index contributed by atoms with van der Waals surface area (Å²) in [6.45, 7) is 1.91. The lowest BCUT2D eigenvalue weighted by atomic mass is 10.1. The number of nitroso groups, excluding NO2 is 1. The zero-order chi connectivity index (χ0) is 20.8. The van der Waals surface area contributed by atoms with Gasteiger partial charge < -0.3 is 15.1 Å². The van der Waals surface area contributed by atoms with Crippen molar-refractivity contribution < 1.29 is 4.79 Å². The minimum absolute atomic E-state index is 0.0966. The summed E-state index contributed by atoms with van der Waals surface area (Å²) in [5.74, 6) is -0.0966. The predicted molar refractivity (Wildman–Crippen MR) is 115 cm³/mol. The highest BCUT2D eigenvalue weighted by molar-refractivity contribution is 6.30. The number of nitrogens with one attached hydrogen (secondary N) is 1. The average molecular weight is 414 g/mol. The molecular formula is C21H24ClN5O2. The Morgan fingerprint density at radius 2 is 1.93 bits per heavy atom. The third kappa shape index (κ3) is 5.40. The van der Waals surface area contributed by atoms with Crippen molar-refractivity contribution in [1.82, 2.24) is 20.1 Å². The van der Waals surface area contributed by atoms with Crippen LogP contribution in [0.5, 0.6) is 0 Å². The van der Waals surface area contributed by atoms with Gasteiger partial charge in [-0.25, -0.2) is 0 Å². The third-order valence-electron chi connectivity index (χ3n) is 4.91. The second-order valence-corrected chi connectivity index (χ2v) is 7.64. The van der Waals surface area contributed by atoms with Crippen LogP contribution in [-0.4, -0.2) is 60.5 Å². The Bertz CT molecular complexity index is 886. The highest BCUT2D eigenvalue weighted by Gasteiger charge is 2.23. The van der Waals surface area contributed by atoms with Crippen molar-refractivity contribution in [2.24, 2.45) is 5.18 Å². The van der Waals surface area contributed by atoms with E-state index in [4.69, 9.17) is 11.6 Å². The molecule has 1 aliphatic rings. The summed E-state index contributed by atoms with van der Waals surface area (Å²) in [6, 6.07) is 10.6. The van der Waals surface area contributed by atoms with Crippen molar-refractivity contribution in [1.29, 1.82) is 0 Å². The van der Waals surface area contributed by atoms with Crippen LogP contribution in [0.15, 0.2) is 54.0 Å². The number of carbonyl (C=O) groups is 1. The number of rotatable bonds is 7. The molecule has 1 aromatic heterocycles. The molecule has 0 aliphatic carbocycles. The number of likely N-dealkylation sites (tertiary alicyclic amines) is 1. The first kappa shape index (κ1) is 21.0. The molecule has 0 unspecified atom stereocenters. The fraction of sp³-hybridized carbons (Fsp3) is 0.333. The molecule has 2 aromatic rings. The molecule has 0 saturated carbocycles. The molecule has 0 bridgehead atoms. The Morgan fingerprint density at radius 3 is 2.52 bits per heavy atom. The Hall–Kier alpha value is -2.77. The first-order valence-corrected chi connectivity index (χ1v) is 9.78. The monoisotopic (exact) mass is 413 g/mol. The van der Waals surface area contributed by atoms with E-state index in [2.05, 4.69) is 20.4 Å². The maximum absolute atomic E-state index is 12.6. The molecule has 1 N–H and O–H groups in total. The number of nitrogens with zero attached hydrogens (tertiary/aromatic N) is 4. The molecular weight excluding hydrogens is 390 g/mol. The number of pyridine rings is 1. The summed E-state index contributed by atoms with van der Waals surface area (Å²) < 4.78 is 0. The van der Waals surface area contributed by atoms with Crippen LogP contribution in [0.3, 0.4) is 0 Å². The van der Waals surface area contributed by atoms with Crippen LogP contribution in [0.1, 0.15) is 17.5 Å². The van der Waals surface area contributed by atoms with Crippen LogP contribution in [0.4, 0.5) is 0 Å². The lowest BCUT2D eigenvalue weighted by Gasteiger charge is -2.25. The van der Waals surface area contributed by atoms with Crippen LogP contribution in [0.25, 0.3) is 11.4 Å². The first-order chi connectivity index (χ1) is 14.0. The maximum Gasteiger partial charge on any atom is 0.239 e. The van der Waals surface area contributed by atoms with Crippen molar-refractivity contribution >= 4 is 28.9 Å². The zero-order valence-corrected chi connectivity index (χ0v) is 17.3. The molecule has 2 heterocycles. The highest BCUT2D eigenvalue weighted by atomic mass is 35.5. The van der Waals surface area contributed by atoms with Gasteiger partial charge in [-0.3, -0.25) is 9.78 Å². The smallest absolute Gasteiger partial charge is 0.239 e. The fourth-order valence-corrected chi connectivity index (χ4v) is 3.63. The van der Waals surface area contributed by atoms with Crippen molar-refractivity contribution in [2.45, 2.75) is 12.5 Å². The van der Waals surface area contributed by atoms with E-state index in [1.807, 2.05) is 7.05 Å². The molecule has 3 rings (SSSR count). The SMILES string of the molecule is CN1CC[C@H](NC(=O)CN(C)/C(=C(\N=O)c2ccc(Cl)cc2)c2ccncc2)C1. The quantitative estimate of drug-likeness (QED) is 0.706. The lowest BCUT2D eigenvalue weighted by Crippen LogP contribution is -2.41. The van der Waals surface area contributed by atoms with Gasteiger partial charge >= 0.3 is 0 Å². The lowest BCUT2D eigenvalue weighted by molar-refractivity contribution is -0.121. The van der Waals surface area contributed by atoms with E-state index < -0.39 is 0 Å². The summed E-state index contributed by atoms with van der Waals surface area (Å²) in [4.78, 5) is 32.4. The standard InChI is InChI=1S/C21H24ClN5O2/c1-26-12-9-18(13-26)24-19(28)14-27(2)21(16-7-10-23-11-8-16)20(25-29)15-3-5-17(22)6-4-15/h3-8,10-11,18H,9,12-14H2,1-2H3,(H,24,28)/b21-20-/t18-/m0/s1. The van der Waals surface area contributed by atoms with E-state index in [0.717, 1.165) is 25.1 Å². The normalized spacial score (nSPS) is 17.6. The minimum atomic E-state index is -0.0966. The second kappa shape index (κ2) is 9.62. The summed E-state index contributed by atoms with van der Waals surface area (Å²) in [7, 11) is 3.81. The Labute approximate surface area is 175 Å². The molecule has 29 heavy (non-hydrogen) atoms. The van der Waals surface area contributed by atoms with Crippen molar-refractivity contribution in [2.75, 3.05) is 33.7 Å². The molecule has 1 fully saturated rings. The third-order valence-corrected chi connectivity index (χ3v) is 5.16. The average Bonchev–Trinajstić information content (AvgIpc) is 3.11. The van der Waals surface area contributed by atoms with Crippen molar-refractivity contribution in [3.63, 3.8) is 0 Å². The van der Waals surface area contributed by atoms with Crippen LogP contribution >= 0.6 is 11.6 Å². The van der Waals surface area contributed by atoms with Gasteiger partial charge in [0.15, 0.2) is 0 Å². The van der Waals surface area contributed by atoms with Gasteiger partial charge in [-0.15, -0.1) is 4.91 Å². The van der Waals surface area contributed by atoms with Crippen LogP contribution in [0, 0.1) is 4.91 Å². The molecule has 7 nitrogen and oxygen atoms in total. The first-order valence-electron chi connectivity index (χ1n) is 9.41. The molecule has 1 atom stereocenters. The number of amides is 1. The Morgan fingerprint density at radius 1 is 1.24 bits per heavy atom. The van der Waals surface area contributed by atoms with Gasteiger partial charge in [0, 0.05) is 48.2 Å². The van der Waals surface area contributed by atoms with Gasteiger partial charge in [-0.05, 0) is 49.5 Å². The second-order valence-electron chi connectivity index (χ2n) is 7.20. The number of benzene rings is 1. The van der Waals surface area contributed by atoms with Gasteiger partial charge in [0.05, 0.1) is 12.2 Å². The molecule has 152 valence electrons. The molecule has 1 saturated heterocycles. The van der Waals surface area contributed by atoms with Crippen LogP contribution in [0.2, 0.25) is 5.02 Å². The number of halogens is 1. The van der Waals surface area contributed by atoms with Crippen molar-refractivity contribution in [3.8, 4) is 0 Å². The fourth-order valence-electron chi connectivity index (χ4n) is 3.51. The predicted octanol–water partition coefficient (Wildman–Crippen LogP) is 3.08. The molecule has 0 spiro atoms. The number of carbonyl (C=O) groups excluding carboxylic acids is 1. The Balaban J connectivity index is 1.89. The van der Waals surface area contributed by atoms with Gasteiger partial charge in [0.25, 0.3) is 0 Å². The molecule has 1 aromatic carbocycles. The van der Waals surface area contributed by atoms with Crippen LogP contribution < -0.4 is 5.32 Å². The topological polar surface area (TPSA) is 77.9 Å². The van der Waals surface area contributed by atoms with Gasteiger partial charge in [-0.1, -0.05) is 23.7 Å². The van der Waals surface area contributed by atoms with Gasteiger partial charge in [0.1, 0.15) is 5.70 Å². The van der Waals surface area contributed by atoms with E-state index >= 15 is 0 Å². The summed E-state index contributed by atoms with van der Waals surface area (Å²) in [5, 5.41) is 6.93. The van der Waals surface area contributed by atoms with E-state index in [0.29, 0.717) is 16.3 Å². The number of aromatic nitrogens is 1. The van der Waals surface area contributed by atoms with E-state index in [-0.39, 0.29) is 24.2 Å². The highest BCUT2D eigenvalue weighted by Crippen LogP contribution is 2.30.